The van der Waals surface area contributed by atoms with E-state index in [-0.39, 0.29) is 18.4 Å². The van der Waals surface area contributed by atoms with Gasteiger partial charge in [-0.05, 0) is 12.1 Å². The summed E-state index contributed by atoms with van der Waals surface area (Å²) in [5.41, 5.74) is 0.960. The molecule has 2 amide bonds. The SMILES string of the molecule is O=C1NCC(=O)N2CCN(Cc3cnc(-c4ccco4)nc3)C[C@@H]12. The Labute approximate surface area is 138 Å². The molecule has 4 heterocycles. The predicted molar refractivity (Wildman–Crippen MR) is 83.5 cm³/mol. The number of amides is 2. The van der Waals surface area contributed by atoms with Crippen molar-refractivity contribution in [1.29, 1.82) is 0 Å². The minimum Gasteiger partial charge on any atom is -0.461 e. The highest BCUT2D eigenvalue weighted by Crippen LogP contribution is 2.17. The number of piperazine rings is 2. The van der Waals surface area contributed by atoms with Gasteiger partial charge in [0.2, 0.25) is 11.8 Å². The van der Waals surface area contributed by atoms with Gasteiger partial charge in [0.1, 0.15) is 6.04 Å². The zero-order chi connectivity index (χ0) is 16.5. The number of rotatable bonds is 3. The van der Waals surface area contributed by atoms with Crippen molar-refractivity contribution in [3.8, 4) is 11.6 Å². The van der Waals surface area contributed by atoms with Crippen molar-refractivity contribution in [3.63, 3.8) is 0 Å². The smallest absolute Gasteiger partial charge is 0.244 e. The molecule has 2 aliphatic rings. The molecule has 4 rings (SSSR count). The Balaban J connectivity index is 1.42. The third kappa shape index (κ3) is 2.76. The summed E-state index contributed by atoms with van der Waals surface area (Å²) in [5.74, 6) is 1.09. The van der Waals surface area contributed by atoms with E-state index in [1.807, 2.05) is 6.07 Å². The van der Waals surface area contributed by atoms with Crippen LogP contribution < -0.4 is 5.32 Å². The summed E-state index contributed by atoms with van der Waals surface area (Å²) in [5, 5.41) is 2.65. The van der Waals surface area contributed by atoms with E-state index in [2.05, 4.69) is 20.2 Å². The van der Waals surface area contributed by atoms with Crippen LogP contribution in [0.15, 0.2) is 35.2 Å². The predicted octanol–water partition coefficient (Wildman–Crippen LogP) is -0.121. The molecule has 8 nitrogen and oxygen atoms in total. The van der Waals surface area contributed by atoms with Crippen LogP contribution in [0, 0.1) is 0 Å². The van der Waals surface area contributed by atoms with E-state index in [0.29, 0.717) is 31.2 Å². The lowest BCUT2D eigenvalue weighted by atomic mass is 10.1. The van der Waals surface area contributed by atoms with E-state index in [1.54, 1.807) is 29.6 Å². The molecule has 1 N–H and O–H groups in total. The Kier molecular flexibility index (Phi) is 3.73. The largest absolute Gasteiger partial charge is 0.461 e. The summed E-state index contributed by atoms with van der Waals surface area (Å²) in [4.78, 5) is 36.3. The van der Waals surface area contributed by atoms with Crippen molar-refractivity contribution in [1.82, 2.24) is 25.1 Å². The van der Waals surface area contributed by atoms with Crippen LogP contribution in [0.25, 0.3) is 11.6 Å². The maximum Gasteiger partial charge on any atom is 0.244 e. The second-order valence-corrected chi connectivity index (χ2v) is 5.95. The molecule has 0 bridgehead atoms. The first-order valence-electron chi connectivity index (χ1n) is 7.85. The van der Waals surface area contributed by atoms with E-state index < -0.39 is 6.04 Å². The summed E-state index contributed by atoms with van der Waals surface area (Å²) < 4.78 is 5.27. The molecule has 0 unspecified atom stereocenters. The van der Waals surface area contributed by atoms with Gasteiger partial charge in [-0.1, -0.05) is 0 Å². The fourth-order valence-corrected chi connectivity index (χ4v) is 3.12. The molecular weight excluding hydrogens is 310 g/mol. The van der Waals surface area contributed by atoms with E-state index in [4.69, 9.17) is 4.42 Å². The Hall–Kier alpha value is -2.74. The minimum atomic E-state index is -0.400. The van der Waals surface area contributed by atoms with Gasteiger partial charge in [0.25, 0.3) is 0 Å². The molecule has 2 fully saturated rings. The summed E-state index contributed by atoms with van der Waals surface area (Å²) in [6.07, 6.45) is 5.12. The van der Waals surface area contributed by atoms with E-state index in [0.717, 1.165) is 12.1 Å². The highest BCUT2D eigenvalue weighted by atomic mass is 16.3. The summed E-state index contributed by atoms with van der Waals surface area (Å²) in [6.45, 7) is 2.58. The molecule has 0 saturated carbocycles. The molecule has 8 heteroatoms. The lowest BCUT2D eigenvalue weighted by Gasteiger charge is -2.42. The molecule has 0 spiro atoms. The van der Waals surface area contributed by atoms with Gasteiger partial charge >= 0.3 is 0 Å². The minimum absolute atomic E-state index is 0.00890. The zero-order valence-corrected chi connectivity index (χ0v) is 13.0. The molecule has 124 valence electrons. The third-order valence-corrected chi connectivity index (χ3v) is 4.35. The van der Waals surface area contributed by atoms with Crippen LogP contribution in [-0.2, 0) is 16.1 Å². The summed E-state index contributed by atoms with van der Waals surface area (Å²) in [7, 11) is 0. The molecule has 0 radical (unpaired) electrons. The number of fused-ring (bicyclic) bond motifs is 1. The lowest BCUT2D eigenvalue weighted by molar-refractivity contribution is -0.149. The Bertz CT molecular complexity index is 744. The first-order valence-corrected chi connectivity index (χ1v) is 7.85. The number of nitrogens with zero attached hydrogens (tertiary/aromatic N) is 4. The van der Waals surface area contributed by atoms with Crippen molar-refractivity contribution in [3.05, 3.63) is 36.4 Å². The second-order valence-electron chi connectivity index (χ2n) is 5.95. The van der Waals surface area contributed by atoms with Gasteiger partial charge in [0.15, 0.2) is 11.6 Å². The molecule has 2 aromatic heterocycles. The topological polar surface area (TPSA) is 91.6 Å². The standard InChI is InChI=1S/C16H17N5O3/c22-14-8-19-16(23)12-10-20(3-4-21(12)14)9-11-6-17-15(18-7-11)13-2-1-5-24-13/h1-2,5-7,12H,3-4,8-10H2,(H,19,23)/t12-/m0/s1. The van der Waals surface area contributed by atoms with Gasteiger partial charge in [-0.25, -0.2) is 9.97 Å². The molecule has 2 aromatic rings. The Morgan fingerprint density at radius 3 is 2.83 bits per heavy atom. The normalized spacial score (nSPS) is 21.5. The fourth-order valence-electron chi connectivity index (χ4n) is 3.12. The van der Waals surface area contributed by atoms with Crippen LogP contribution in [-0.4, -0.2) is 63.8 Å². The van der Waals surface area contributed by atoms with Crippen molar-refractivity contribution in [2.24, 2.45) is 0 Å². The van der Waals surface area contributed by atoms with Gasteiger partial charge in [0.05, 0.1) is 12.8 Å². The van der Waals surface area contributed by atoms with E-state index in [1.165, 1.54) is 0 Å². The van der Waals surface area contributed by atoms with Crippen LogP contribution in [0.5, 0.6) is 0 Å². The average molecular weight is 327 g/mol. The van der Waals surface area contributed by atoms with Crippen molar-refractivity contribution >= 4 is 11.8 Å². The third-order valence-electron chi connectivity index (χ3n) is 4.35. The quantitative estimate of drug-likeness (QED) is 0.845. The van der Waals surface area contributed by atoms with Gasteiger partial charge in [0, 0.05) is 44.1 Å². The molecule has 0 aromatic carbocycles. The summed E-state index contributed by atoms with van der Waals surface area (Å²) >= 11 is 0. The molecule has 1 atom stereocenters. The van der Waals surface area contributed by atoms with Gasteiger partial charge < -0.3 is 14.6 Å². The van der Waals surface area contributed by atoms with Gasteiger partial charge in [-0.15, -0.1) is 0 Å². The molecule has 0 aliphatic carbocycles. The van der Waals surface area contributed by atoms with Crippen LogP contribution in [0.3, 0.4) is 0 Å². The number of hydrogen-bond acceptors (Lipinski definition) is 6. The van der Waals surface area contributed by atoms with Crippen LogP contribution in [0.2, 0.25) is 0 Å². The zero-order valence-electron chi connectivity index (χ0n) is 13.0. The van der Waals surface area contributed by atoms with Crippen molar-refractivity contribution < 1.29 is 14.0 Å². The van der Waals surface area contributed by atoms with E-state index in [9.17, 15) is 9.59 Å². The number of nitrogens with one attached hydrogen (secondary N) is 1. The number of furan rings is 1. The van der Waals surface area contributed by atoms with E-state index >= 15 is 0 Å². The number of aromatic nitrogens is 2. The Morgan fingerprint density at radius 2 is 2.08 bits per heavy atom. The molecule has 24 heavy (non-hydrogen) atoms. The second kappa shape index (κ2) is 6.04. The van der Waals surface area contributed by atoms with Gasteiger partial charge in [-0.3, -0.25) is 14.5 Å². The first-order chi connectivity index (χ1) is 11.7. The first kappa shape index (κ1) is 14.8. The number of carbonyl (C=O) groups excluding carboxylic acids is 2. The maximum absolute atomic E-state index is 12.0. The number of hydrogen-bond donors (Lipinski definition) is 1. The average Bonchev–Trinajstić information content (AvgIpc) is 3.14. The highest BCUT2D eigenvalue weighted by Gasteiger charge is 2.38. The molecule has 2 saturated heterocycles. The van der Waals surface area contributed by atoms with Crippen LogP contribution in [0.4, 0.5) is 0 Å². The maximum atomic E-state index is 12.0. The van der Waals surface area contributed by atoms with Gasteiger partial charge in [-0.2, -0.15) is 0 Å². The van der Waals surface area contributed by atoms with Crippen LogP contribution in [0.1, 0.15) is 5.56 Å². The molecule has 2 aliphatic heterocycles. The van der Waals surface area contributed by atoms with Crippen molar-refractivity contribution in [2.45, 2.75) is 12.6 Å². The lowest BCUT2D eigenvalue weighted by Crippen LogP contribution is -2.65. The van der Waals surface area contributed by atoms with Crippen molar-refractivity contribution in [2.75, 3.05) is 26.2 Å². The fraction of sp³-hybridized carbons (Fsp3) is 0.375. The summed E-state index contributed by atoms with van der Waals surface area (Å²) in [6, 6.07) is 3.21. The Morgan fingerprint density at radius 1 is 1.25 bits per heavy atom. The molecular formula is C16H17N5O3. The number of carbonyl (C=O) groups is 2. The highest BCUT2D eigenvalue weighted by molar-refractivity contribution is 5.95. The monoisotopic (exact) mass is 327 g/mol. The van der Waals surface area contributed by atoms with Crippen LogP contribution >= 0.6 is 0 Å².